The predicted molar refractivity (Wildman–Crippen MR) is 83.7 cm³/mol. The summed E-state index contributed by atoms with van der Waals surface area (Å²) in [5.74, 6) is 2.32. The van der Waals surface area contributed by atoms with Crippen molar-refractivity contribution < 1.29 is 10.2 Å². The molecule has 0 aliphatic heterocycles. The van der Waals surface area contributed by atoms with E-state index in [1.165, 1.54) is 32.1 Å². The third-order valence-corrected chi connectivity index (χ3v) is 8.04. The van der Waals surface area contributed by atoms with Crippen molar-refractivity contribution in [3.63, 3.8) is 0 Å². The van der Waals surface area contributed by atoms with Gasteiger partial charge in [-0.15, -0.1) is 0 Å². The van der Waals surface area contributed by atoms with Crippen LogP contribution in [0.5, 0.6) is 0 Å². The number of hydrogen-bond acceptors (Lipinski definition) is 2. The molecule has 0 radical (unpaired) electrons. The van der Waals surface area contributed by atoms with Crippen LogP contribution in [-0.4, -0.2) is 22.4 Å². The van der Waals surface area contributed by atoms with E-state index in [2.05, 4.69) is 19.9 Å². The molecule has 0 aromatic heterocycles. The summed E-state index contributed by atoms with van der Waals surface area (Å²) < 4.78 is 0. The summed E-state index contributed by atoms with van der Waals surface area (Å²) in [5.41, 5.74) is 2.06. The number of hydrogen-bond donors (Lipinski definition) is 2. The van der Waals surface area contributed by atoms with Crippen LogP contribution in [0, 0.1) is 28.6 Å². The van der Waals surface area contributed by atoms with Gasteiger partial charge in [-0.3, -0.25) is 0 Å². The van der Waals surface area contributed by atoms with Gasteiger partial charge in [-0.2, -0.15) is 0 Å². The van der Waals surface area contributed by atoms with Gasteiger partial charge in [0.1, 0.15) is 0 Å². The van der Waals surface area contributed by atoms with Gasteiger partial charge in [0.2, 0.25) is 0 Å². The largest absolute Gasteiger partial charge is 0.393 e. The Balaban J connectivity index is 1.67. The van der Waals surface area contributed by atoms with Gasteiger partial charge in [-0.25, -0.2) is 0 Å². The molecule has 7 atom stereocenters. The first kappa shape index (κ1) is 14.3. The SMILES string of the molecule is CC12CC[C@H](O)C=C1CCC1C2CCC2(C)C1CC[C@@H]2O. The molecular formula is C19H30O2. The van der Waals surface area contributed by atoms with Gasteiger partial charge >= 0.3 is 0 Å². The van der Waals surface area contributed by atoms with Gasteiger partial charge in [0.25, 0.3) is 0 Å². The molecule has 0 amide bonds. The van der Waals surface area contributed by atoms with Gasteiger partial charge in [-0.05, 0) is 80.0 Å². The molecule has 21 heavy (non-hydrogen) atoms. The summed E-state index contributed by atoms with van der Waals surface area (Å²) in [6.07, 6.45) is 11.2. The molecule has 4 aliphatic rings. The quantitative estimate of drug-likeness (QED) is 0.668. The molecule has 118 valence electrons. The van der Waals surface area contributed by atoms with Crippen LogP contribution >= 0.6 is 0 Å². The Morgan fingerprint density at radius 1 is 0.952 bits per heavy atom. The first-order valence-electron chi connectivity index (χ1n) is 9.02. The Kier molecular flexibility index (Phi) is 3.11. The van der Waals surface area contributed by atoms with Crippen molar-refractivity contribution >= 4 is 0 Å². The highest BCUT2D eigenvalue weighted by molar-refractivity contribution is 5.25. The van der Waals surface area contributed by atoms with Gasteiger partial charge in [0, 0.05) is 0 Å². The molecule has 3 saturated carbocycles. The average Bonchev–Trinajstić information content (AvgIpc) is 2.76. The van der Waals surface area contributed by atoms with Crippen LogP contribution in [0.2, 0.25) is 0 Å². The average molecular weight is 290 g/mol. The molecule has 2 heteroatoms. The minimum atomic E-state index is -0.202. The van der Waals surface area contributed by atoms with Crippen LogP contribution in [0.15, 0.2) is 11.6 Å². The van der Waals surface area contributed by atoms with E-state index in [-0.39, 0.29) is 17.6 Å². The zero-order valence-corrected chi connectivity index (χ0v) is 13.5. The van der Waals surface area contributed by atoms with Crippen molar-refractivity contribution in [2.75, 3.05) is 0 Å². The second kappa shape index (κ2) is 4.58. The van der Waals surface area contributed by atoms with Crippen LogP contribution in [0.4, 0.5) is 0 Å². The third-order valence-electron chi connectivity index (χ3n) is 8.04. The van der Waals surface area contributed by atoms with Crippen LogP contribution in [0.25, 0.3) is 0 Å². The van der Waals surface area contributed by atoms with Gasteiger partial charge < -0.3 is 10.2 Å². The molecule has 2 N–H and O–H groups in total. The second-order valence-corrected chi connectivity index (χ2v) is 8.77. The second-order valence-electron chi connectivity index (χ2n) is 8.77. The Morgan fingerprint density at radius 3 is 2.57 bits per heavy atom. The zero-order valence-electron chi connectivity index (χ0n) is 13.5. The standard InChI is InChI=1S/C19H30O2/c1-18-9-7-13(20)11-12(18)3-4-14-15-5-6-17(21)19(15,2)10-8-16(14)18/h11,13-17,20-21H,3-10H2,1-2H3/t13-,14?,15?,16?,17-,18?,19?/m0/s1. The minimum Gasteiger partial charge on any atom is -0.393 e. The molecule has 0 bridgehead atoms. The highest BCUT2D eigenvalue weighted by Crippen LogP contribution is 2.65. The lowest BCUT2D eigenvalue weighted by Crippen LogP contribution is -2.51. The van der Waals surface area contributed by atoms with Crippen LogP contribution in [0.3, 0.4) is 0 Å². The number of aliphatic hydroxyl groups is 2. The highest BCUT2D eigenvalue weighted by Gasteiger charge is 2.58. The van der Waals surface area contributed by atoms with Gasteiger partial charge in [-0.1, -0.05) is 25.5 Å². The molecule has 2 nitrogen and oxygen atoms in total. The third kappa shape index (κ3) is 1.84. The fraction of sp³-hybridized carbons (Fsp3) is 0.895. The number of aliphatic hydroxyl groups excluding tert-OH is 2. The molecule has 3 fully saturated rings. The Labute approximate surface area is 128 Å². The summed E-state index contributed by atoms with van der Waals surface area (Å²) in [4.78, 5) is 0. The molecule has 0 aromatic carbocycles. The van der Waals surface area contributed by atoms with E-state index in [0.29, 0.717) is 5.41 Å². The monoisotopic (exact) mass is 290 g/mol. The maximum atomic E-state index is 10.5. The Morgan fingerprint density at radius 2 is 1.76 bits per heavy atom. The van der Waals surface area contributed by atoms with E-state index in [9.17, 15) is 10.2 Å². The number of rotatable bonds is 0. The van der Waals surface area contributed by atoms with Gasteiger partial charge in [0.15, 0.2) is 0 Å². The molecule has 0 aromatic rings. The lowest BCUT2D eigenvalue weighted by Gasteiger charge is -2.58. The topological polar surface area (TPSA) is 40.5 Å². The van der Waals surface area contributed by atoms with E-state index in [1.807, 2.05) is 0 Å². The summed E-state index contributed by atoms with van der Waals surface area (Å²) in [6, 6.07) is 0. The fourth-order valence-electron chi connectivity index (χ4n) is 6.68. The molecule has 5 unspecified atom stereocenters. The first-order valence-corrected chi connectivity index (χ1v) is 9.02. The van der Waals surface area contributed by atoms with Crippen molar-refractivity contribution in [1.82, 2.24) is 0 Å². The summed E-state index contributed by atoms with van der Waals surface area (Å²) in [7, 11) is 0. The number of fused-ring (bicyclic) bond motifs is 5. The first-order chi connectivity index (χ1) is 9.95. The summed E-state index contributed by atoms with van der Waals surface area (Å²) in [5, 5.41) is 20.4. The van der Waals surface area contributed by atoms with Crippen LogP contribution < -0.4 is 0 Å². The van der Waals surface area contributed by atoms with E-state index < -0.39 is 0 Å². The Hall–Kier alpha value is -0.340. The fourth-order valence-corrected chi connectivity index (χ4v) is 6.68. The van der Waals surface area contributed by atoms with E-state index in [1.54, 1.807) is 5.57 Å². The molecule has 4 aliphatic carbocycles. The molecule has 4 rings (SSSR count). The van der Waals surface area contributed by atoms with Crippen molar-refractivity contribution in [2.45, 2.75) is 77.4 Å². The predicted octanol–water partition coefficient (Wildman–Crippen LogP) is 3.67. The highest BCUT2D eigenvalue weighted by atomic mass is 16.3. The summed E-state index contributed by atoms with van der Waals surface area (Å²) >= 11 is 0. The Bertz CT molecular complexity index is 470. The van der Waals surface area contributed by atoms with Crippen molar-refractivity contribution in [3.8, 4) is 0 Å². The smallest absolute Gasteiger partial charge is 0.0724 e. The van der Waals surface area contributed by atoms with E-state index >= 15 is 0 Å². The number of allylic oxidation sites excluding steroid dienone is 1. The molecule has 0 saturated heterocycles. The lowest BCUT2D eigenvalue weighted by molar-refractivity contribution is -0.0761. The van der Waals surface area contributed by atoms with E-state index in [4.69, 9.17) is 0 Å². The molecule has 0 spiro atoms. The van der Waals surface area contributed by atoms with Crippen molar-refractivity contribution in [2.24, 2.45) is 28.6 Å². The minimum absolute atomic E-state index is 0.0682. The van der Waals surface area contributed by atoms with Crippen LogP contribution in [-0.2, 0) is 0 Å². The van der Waals surface area contributed by atoms with E-state index in [0.717, 1.165) is 37.0 Å². The zero-order chi connectivity index (χ0) is 14.8. The lowest BCUT2D eigenvalue weighted by atomic mass is 9.47. The molecular weight excluding hydrogens is 260 g/mol. The van der Waals surface area contributed by atoms with Gasteiger partial charge in [0.05, 0.1) is 12.2 Å². The summed E-state index contributed by atoms with van der Waals surface area (Å²) in [6.45, 7) is 4.82. The van der Waals surface area contributed by atoms with Crippen LogP contribution in [0.1, 0.15) is 65.2 Å². The maximum Gasteiger partial charge on any atom is 0.0724 e. The van der Waals surface area contributed by atoms with Crippen molar-refractivity contribution in [1.29, 1.82) is 0 Å². The molecule has 0 heterocycles. The normalized spacial score (nSPS) is 56.2. The van der Waals surface area contributed by atoms with Crippen molar-refractivity contribution in [3.05, 3.63) is 11.6 Å². The maximum absolute atomic E-state index is 10.5.